The smallest absolute Gasteiger partial charge is 0 e. The molecular formula is Cl3NdPr. The van der Waals surface area contributed by atoms with E-state index in [0.29, 0.717) is 0 Å². The third kappa shape index (κ3) is 18.4. The van der Waals surface area contributed by atoms with Crippen molar-refractivity contribution < 1.29 is 71.1 Å². The molecule has 0 fully saturated rings. The van der Waals surface area contributed by atoms with Gasteiger partial charge in [-0.1, -0.05) is 0 Å². The topological polar surface area (TPSA) is 0 Å². The van der Waals surface area contributed by atoms with Crippen LogP contribution in [0.2, 0.25) is 0 Å². The molecule has 0 aromatic rings. The summed E-state index contributed by atoms with van der Waals surface area (Å²) in [6.07, 6.45) is 0. The summed E-state index contributed by atoms with van der Waals surface area (Å²) in [5, 5.41) is 0. The fourth-order valence-electron chi connectivity index (χ4n) is 0. The van der Waals surface area contributed by atoms with Gasteiger partial charge in [0.1, 0.15) is 0 Å². The Labute approximate surface area is 85.2 Å². The van der Waals surface area contributed by atoms with Crippen molar-refractivity contribution in [3.63, 3.8) is 0 Å². The van der Waals surface area contributed by atoms with Gasteiger partial charge in [-0.25, -0.2) is 0 Å². The van der Waals surface area contributed by atoms with Gasteiger partial charge in [0.15, 0.2) is 0 Å². The summed E-state index contributed by atoms with van der Waals surface area (Å²) < 4.78 is 0. The molecule has 5 heteroatoms. The zero-order valence-electron chi connectivity index (χ0n) is 2.21. The molecule has 28 valence electrons. The zero-order valence-corrected chi connectivity index (χ0v) is 11.4. The van der Waals surface area contributed by atoms with E-state index in [0.717, 1.165) is 0 Å². The van der Waals surface area contributed by atoms with E-state index in [1.54, 1.807) is 0 Å². The average Bonchev–Trinajstić information content (AvgIpc) is 0.811. The summed E-state index contributed by atoms with van der Waals surface area (Å²) in [4.78, 5) is 0. The Morgan fingerprint density at radius 3 is 1.00 bits per heavy atom. The minimum absolute atomic E-state index is 0. The molecule has 0 spiro atoms. The SMILES string of the molecule is [Cl][Pr]([Cl])[Cl].[Nd]. The fourth-order valence-corrected chi connectivity index (χ4v) is 0. The predicted octanol–water partition coefficient (Wildman–Crippen LogP) is 2.07. The van der Waals surface area contributed by atoms with Crippen molar-refractivity contribution in [1.29, 1.82) is 0 Å². The second-order valence-electron chi connectivity index (χ2n) is 0.247. The molecule has 0 amide bonds. The molecule has 0 rings (SSSR count). The van der Waals surface area contributed by atoms with Gasteiger partial charge >= 0.3 is 47.4 Å². The number of rotatable bonds is 0. The second kappa shape index (κ2) is 7.58. The number of hydrogen-bond donors (Lipinski definition) is 0. The van der Waals surface area contributed by atoms with Gasteiger partial charge in [0.25, 0.3) is 0 Å². The molecule has 0 N–H and O–H groups in total. The molecule has 5 heavy (non-hydrogen) atoms. The molecule has 0 aromatic heterocycles. The molecule has 0 saturated heterocycles. The molecule has 0 aliphatic heterocycles. The Morgan fingerprint density at radius 1 is 1.00 bits per heavy atom. The maximum absolute atomic E-state index is 5.03. The maximum Gasteiger partial charge on any atom is 0 e. The first-order valence-electron chi connectivity index (χ1n) is 0.655. The molecule has 0 heterocycles. The third-order valence-electron chi connectivity index (χ3n) is 0. The molecule has 0 aromatic carbocycles. The first-order chi connectivity index (χ1) is 1.73. The van der Waals surface area contributed by atoms with Crippen LogP contribution in [0, 0.1) is 71.1 Å². The Kier molecular flexibility index (Phi) is 17.3. The van der Waals surface area contributed by atoms with Gasteiger partial charge < -0.3 is 0 Å². The molecule has 0 radical (unpaired) electrons. The largest absolute Gasteiger partial charge is 0 e. The summed E-state index contributed by atoms with van der Waals surface area (Å²) in [6, 6.07) is 0. The van der Waals surface area contributed by atoms with Crippen molar-refractivity contribution in [2.75, 3.05) is 0 Å². The van der Waals surface area contributed by atoms with Gasteiger partial charge in [-0.2, -0.15) is 0 Å². The molecular weight excluding hydrogens is 392 g/mol. The van der Waals surface area contributed by atoms with E-state index in [9.17, 15) is 0 Å². The molecule has 0 saturated carbocycles. The molecule has 0 aliphatic carbocycles. The molecule has 0 atom stereocenters. The standard InChI is InChI=1S/3ClH.Nd.Pr/h3*1H;;/q;;;;+3/p-3. The van der Waals surface area contributed by atoms with Crippen molar-refractivity contribution in [3.05, 3.63) is 0 Å². The third-order valence-corrected chi connectivity index (χ3v) is 0. The van der Waals surface area contributed by atoms with Gasteiger partial charge in [-0.15, -0.1) is 0 Å². The second-order valence-corrected chi connectivity index (χ2v) is 16.5. The van der Waals surface area contributed by atoms with Crippen molar-refractivity contribution in [2.24, 2.45) is 0 Å². The van der Waals surface area contributed by atoms with Crippen LogP contribution in [-0.4, -0.2) is 0 Å². The molecule has 0 nitrogen and oxygen atoms in total. The van der Waals surface area contributed by atoms with Gasteiger partial charge in [0.05, 0.1) is 0 Å². The van der Waals surface area contributed by atoms with Crippen molar-refractivity contribution in [3.8, 4) is 0 Å². The summed E-state index contributed by atoms with van der Waals surface area (Å²) in [5.74, 6) is 0. The zero-order chi connectivity index (χ0) is 3.58. The normalized spacial score (nSPS) is 5.40. The number of halogens is 3. The van der Waals surface area contributed by atoms with E-state index >= 15 is 0 Å². The van der Waals surface area contributed by atoms with Crippen LogP contribution in [-0.2, 0) is 0 Å². The molecule has 0 aliphatic rings. The van der Waals surface area contributed by atoms with Crippen LogP contribution in [0.1, 0.15) is 0 Å². The van der Waals surface area contributed by atoms with Crippen LogP contribution in [0.5, 0.6) is 0 Å². The van der Waals surface area contributed by atoms with Crippen LogP contribution < -0.4 is 0 Å². The van der Waals surface area contributed by atoms with E-state index in [2.05, 4.69) is 0 Å². The summed E-state index contributed by atoms with van der Waals surface area (Å²) in [6.45, 7) is 0. The van der Waals surface area contributed by atoms with E-state index < -0.39 is 30.3 Å². The van der Waals surface area contributed by atoms with E-state index in [-0.39, 0.29) is 40.8 Å². The minimum Gasteiger partial charge on any atom is 0 e. The quantitative estimate of drug-likeness (QED) is 0.593. The maximum atomic E-state index is 5.03. The minimum atomic E-state index is -2.31. The predicted molar refractivity (Wildman–Crippen MR) is 17.6 cm³/mol. The Bertz CT molecular complexity index is 11.6. The van der Waals surface area contributed by atoms with Crippen molar-refractivity contribution in [2.45, 2.75) is 0 Å². The Balaban J connectivity index is 0. The van der Waals surface area contributed by atoms with Gasteiger partial charge in [-0.3, -0.25) is 0 Å². The summed E-state index contributed by atoms with van der Waals surface area (Å²) >= 11 is -2.31. The van der Waals surface area contributed by atoms with E-state index in [1.807, 2.05) is 0 Å². The van der Waals surface area contributed by atoms with Crippen LogP contribution >= 0.6 is 17.1 Å². The van der Waals surface area contributed by atoms with Crippen LogP contribution in [0.3, 0.4) is 0 Å². The van der Waals surface area contributed by atoms with E-state index in [1.165, 1.54) is 0 Å². The molecule has 0 bridgehead atoms. The first-order valence-corrected chi connectivity index (χ1v) is 14.6. The van der Waals surface area contributed by atoms with E-state index in [4.69, 9.17) is 17.1 Å². The average molecular weight is 392 g/mol. The Hall–Kier alpha value is 3.58. The fraction of sp³-hybridized carbons (Fsp3) is 0. The van der Waals surface area contributed by atoms with Crippen molar-refractivity contribution in [1.82, 2.24) is 0 Å². The first kappa shape index (κ1) is 11.4. The van der Waals surface area contributed by atoms with Crippen molar-refractivity contribution >= 4 is 17.1 Å². The van der Waals surface area contributed by atoms with Gasteiger partial charge in [0, 0.05) is 40.8 Å². The summed E-state index contributed by atoms with van der Waals surface area (Å²) in [5.41, 5.74) is 15.1. The van der Waals surface area contributed by atoms with Crippen LogP contribution in [0.25, 0.3) is 0 Å². The monoisotopic (exact) mass is 388 g/mol. The van der Waals surface area contributed by atoms with Crippen LogP contribution in [0.15, 0.2) is 0 Å². The van der Waals surface area contributed by atoms with Gasteiger partial charge in [-0.05, 0) is 0 Å². The van der Waals surface area contributed by atoms with Gasteiger partial charge in [0.2, 0.25) is 0 Å². The number of hydrogen-bond acceptors (Lipinski definition) is 0. The Morgan fingerprint density at radius 2 is 1.00 bits per heavy atom. The summed E-state index contributed by atoms with van der Waals surface area (Å²) in [7, 11) is 0. The molecule has 0 unspecified atom stereocenters. The van der Waals surface area contributed by atoms with Crippen LogP contribution in [0.4, 0.5) is 0 Å².